The van der Waals surface area contributed by atoms with Crippen molar-refractivity contribution in [1.29, 1.82) is 5.26 Å². The smallest absolute Gasteiger partial charge is 0.101 e. The van der Waals surface area contributed by atoms with E-state index in [4.69, 9.17) is 5.26 Å². The molecule has 1 saturated heterocycles. The SMILES string of the molecule is Cc1ccc(C2CCCNC2)c2[nH]cc(C#N)c12. The van der Waals surface area contributed by atoms with Gasteiger partial charge in [0.15, 0.2) is 0 Å². The van der Waals surface area contributed by atoms with Crippen molar-refractivity contribution >= 4 is 10.9 Å². The molecule has 0 bridgehead atoms. The van der Waals surface area contributed by atoms with Crippen LogP contribution in [0.2, 0.25) is 0 Å². The van der Waals surface area contributed by atoms with Crippen molar-refractivity contribution in [3.05, 3.63) is 35.0 Å². The molecule has 2 N–H and O–H groups in total. The number of nitrogens with one attached hydrogen (secondary N) is 2. The minimum atomic E-state index is 0.562. The molecule has 1 aliphatic rings. The summed E-state index contributed by atoms with van der Waals surface area (Å²) in [6.07, 6.45) is 4.29. The minimum Gasteiger partial charge on any atom is -0.360 e. The molecule has 92 valence electrons. The first kappa shape index (κ1) is 11.3. The number of piperidine rings is 1. The van der Waals surface area contributed by atoms with Crippen molar-refractivity contribution < 1.29 is 0 Å². The first-order valence-corrected chi connectivity index (χ1v) is 6.52. The van der Waals surface area contributed by atoms with Gasteiger partial charge >= 0.3 is 0 Å². The fraction of sp³-hybridized carbons (Fsp3) is 0.400. The number of hydrogen-bond acceptors (Lipinski definition) is 2. The average Bonchev–Trinajstić information content (AvgIpc) is 2.85. The van der Waals surface area contributed by atoms with Gasteiger partial charge in [0.05, 0.1) is 11.1 Å². The Labute approximate surface area is 107 Å². The zero-order valence-corrected chi connectivity index (χ0v) is 10.6. The normalized spacial score (nSPS) is 19.9. The Morgan fingerprint density at radius 3 is 3.00 bits per heavy atom. The Balaban J connectivity index is 2.16. The van der Waals surface area contributed by atoms with Crippen LogP contribution < -0.4 is 5.32 Å². The van der Waals surface area contributed by atoms with Crippen LogP contribution in [-0.2, 0) is 0 Å². The number of hydrogen-bond donors (Lipinski definition) is 2. The second kappa shape index (κ2) is 4.47. The van der Waals surface area contributed by atoms with Gasteiger partial charge in [0.2, 0.25) is 0 Å². The van der Waals surface area contributed by atoms with Gasteiger partial charge in [-0.1, -0.05) is 12.1 Å². The summed E-state index contributed by atoms with van der Waals surface area (Å²) >= 11 is 0. The van der Waals surface area contributed by atoms with Gasteiger partial charge in [0, 0.05) is 18.1 Å². The van der Waals surface area contributed by atoms with Crippen molar-refractivity contribution in [2.75, 3.05) is 13.1 Å². The van der Waals surface area contributed by atoms with E-state index in [-0.39, 0.29) is 0 Å². The first-order valence-electron chi connectivity index (χ1n) is 6.52. The number of nitrogens with zero attached hydrogens (tertiary/aromatic N) is 1. The van der Waals surface area contributed by atoms with Gasteiger partial charge in [0.1, 0.15) is 6.07 Å². The van der Waals surface area contributed by atoms with Crippen molar-refractivity contribution in [1.82, 2.24) is 10.3 Å². The summed E-state index contributed by atoms with van der Waals surface area (Å²) < 4.78 is 0. The highest BCUT2D eigenvalue weighted by Crippen LogP contribution is 2.32. The Kier molecular flexibility index (Phi) is 2.81. The molecular formula is C15H17N3. The lowest BCUT2D eigenvalue weighted by Gasteiger charge is -2.24. The molecule has 0 spiro atoms. The molecule has 1 aromatic heterocycles. The molecule has 2 aromatic rings. The third kappa shape index (κ3) is 1.70. The largest absolute Gasteiger partial charge is 0.360 e. The molecule has 1 fully saturated rings. The quantitative estimate of drug-likeness (QED) is 0.804. The lowest BCUT2D eigenvalue weighted by molar-refractivity contribution is 0.463. The van der Waals surface area contributed by atoms with Crippen molar-refractivity contribution in [2.45, 2.75) is 25.7 Å². The molecule has 0 aliphatic carbocycles. The maximum atomic E-state index is 9.17. The standard InChI is InChI=1S/C15H17N3/c1-10-4-5-13(11-3-2-6-17-8-11)15-14(10)12(7-16)9-18-15/h4-5,9,11,17-18H,2-3,6,8H2,1H3. The highest BCUT2D eigenvalue weighted by molar-refractivity contribution is 5.91. The first-order chi connectivity index (χ1) is 8.81. The molecule has 0 saturated carbocycles. The van der Waals surface area contributed by atoms with Crippen LogP contribution in [0.1, 0.15) is 35.4 Å². The molecule has 0 amide bonds. The zero-order valence-electron chi connectivity index (χ0n) is 10.6. The van der Waals surface area contributed by atoms with Crippen molar-refractivity contribution in [3.8, 4) is 6.07 Å². The summed E-state index contributed by atoms with van der Waals surface area (Å²) in [7, 11) is 0. The van der Waals surface area contributed by atoms with Crippen LogP contribution in [0.4, 0.5) is 0 Å². The number of aromatic nitrogens is 1. The van der Waals surface area contributed by atoms with E-state index in [1.165, 1.54) is 24.0 Å². The van der Waals surface area contributed by atoms with E-state index in [1.54, 1.807) is 0 Å². The topological polar surface area (TPSA) is 51.6 Å². The summed E-state index contributed by atoms with van der Waals surface area (Å²) in [6, 6.07) is 6.63. The lowest BCUT2D eigenvalue weighted by atomic mass is 9.89. The van der Waals surface area contributed by atoms with Gasteiger partial charge in [-0.25, -0.2) is 0 Å². The van der Waals surface area contributed by atoms with Crippen LogP contribution >= 0.6 is 0 Å². The molecule has 1 aliphatic heterocycles. The third-order valence-corrected chi connectivity index (χ3v) is 3.93. The molecule has 1 unspecified atom stereocenters. The Bertz CT molecular complexity index is 612. The third-order valence-electron chi connectivity index (χ3n) is 3.93. The van der Waals surface area contributed by atoms with E-state index in [0.29, 0.717) is 5.92 Å². The Morgan fingerprint density at radius 1 is 1.39 bits per heavy atom. The lowest BCUT2D eigenvalue weighted by Crippen LogP contribution is -2.28. The van der Waals surface area contributed by atoms with Gasteiger partial charge in [0.25, 0.3) is 0 Å². The van der Waals surface area contributed by atoms with Gasteiger partial charge in [-0.3, -0.25) is 0 Å². The van der Waals surface area contributed by atoms with E-state index in [9.17, 15) is 0 Å². The van der Waals surface area contributed by atoms with Gasteiger partial charge in [-0.05, 0) is 43.4 Å². The fourth-order valence-electron chi connectivity index (χ4n) is 2.99. The monoisotopic (exact) mass is 239 g/mol. The highest BCUT2D eigenvalue weighted by atomic mass is 14.9. The van der Waals surface area contributed by atoms with Gasteiger partial charge < -0.3 is 10.3 Å². The molecule has 3 nitrogen and oxygen atoms in total. The van der Waals surface area contributed by atoms with E-state index in [2.05, 4.69) is 35.4 Å². The number of rotatable bonds is 1. The maximum Gasteiger partial charge on any atom is 0.101 e. The summed E-state index contributed by atoms with van der Waals surface area (Å²) in [5, 5.41) is 13.7. The Hall–Kier alpha value is -1.79. The number of aromatic amines is 1. The second-order valence-corrected chi connectivity index (χ2v) is 5.08. The minimum absolute atomic E-state index is 0.562. The zero-order chi connectivity index (χ0) is 12.5. The average molecular weight is 239 g/mol. The van der Waals surface area contributed by atoms with Crippen molar-refractivity contribution in [3.63, 3.8) is 0 Å². The number of benzene rings is 1. The molecule has 1 atom stereocenters. The van der Waals surface area contributed by atoms with Crippen molar-refractivity contribution in [2.24, 2.45) is 0 Å². The van der Waals surface area contributed by atoms with Crippen LogP contribution in [0.3, 0.4) is 0 Å². The molecular weight excluding hydrogens is 222 g/mol. The van der Waals surface area contributed by atoms with Crippen LogP contribution in [0.15, 0.2) is 18.3 Å². The number of fused-ring (bicyclic) bond motifs is 1. The molecule has 18 heavy (non-hydrogen) atoms. The highest BCUT2D eigenvalue weighted by Gasteiger charge is 2.19. The predicted molar refractivity (Wildman–Crippen MR) is 72.6 cm³/mol. The maximum absolute atomic E-state index is 9.17. The fourth-order valence-corrected chi connectivity index (χ4v) is 2.99. The van der Waals surface area contributed by atoms with E-state index < -0.39 is 0 Å². The van der Waals surface area contributed by atoms with E-state index >= 15 is 0 Å². The van der Waals surface area contributed by atoms with Crippen LogP contribution in [0.25, 0.3) is 10.9 Å². The molecule has 0 radical (unpaired) electrons. The van der Waals surface area contributed by atoms with Crippen LogP contribution in [0.5, 0.6) is 0 Å². The molecule has 3 rings (SSSR count). The Morgan fingerprint density at radius 2 is 2.28 bits per heavy atom. The summed E-state index contributed by atoms with van der Waals surface area (Å²) in [5.41, 5.74) is 4.44. The number of H-pyrrole nitrogens is 1. The number of nitriles is 1. The summed E-state index contributed by atoms with van der Waals surface area (Å²) in [6.45, 7) is 4.23. The summed E-state index contributed by atoms with van der Waals surface area (Å²) in [4.78, 5) is 3.30. The van der Waals surface area contributed by atoms with Gasteiger partial charge in [-0.2, -0.15) is 5.26 Å². The predicted octanol–water partition coefficient (Wildman–Crippen LogP) is 2.82. The second-order valence-electron chi connectivity index (χ2n) is 5.08. The van der Waals surface area contributed by atoms with E-state index in [1.807, 2.05) is 6.20 Å². The van der Waals surface area contributed by atoms with Crippen LogP contribution in [0, 0.1) is 18.3 Å². The number of aryl methyl sites for hydroxylation is 1. The molecule has 1 aromatic carbocycles. The van der Waals surface area contributed by atoms with E-state index in [0.717, 1.165) is 29.6 Å². The van der Waals surface area contributed by atoms with Crippen LogP contribution in [-0.4, -0.2) is 18.1 Å². The molecule has 3 heteroatoms. The van der Waals surface area contributed by atoms with Gasteiger partial charge in [-0.15, -0.1) is 0 Å². The summed E-state index contributed by atoms with van der Waals surface area (Å²) in [5.74, 6) is 0.562. The molecule has 2 heterocycles.